The van der Waals surface area contributed by atoms with E-state index in [4.69, 9.17) is 5.14 Å². The summed E-state index contributed by atoms with van der Waals surface area (Å²) in [5.41, 5.74) is 2.85. The molecule has 114 valence electrons. The smallest absolute Gasteiger partial charge is 0.225 e. The Morgan fingerprint density at radius 2 is 1.50 bits per heavy atom. The van der Waals surface area contributed by atoms with E-state index in [9.17, 15) is 8.42 Å². The second-order valence-corrected chi connectivity index (χ2v) is 7.71. The van der Waals surface area contributed by atoms with Crippen LogP contribution in [0.1, 0.15) is 37.5 Å². The molecule has 4 heteroatoms. The van der Waals surface area contributed by atoms with E-state index in [0.717, 1.165) is 5.56 Å². The van der Waals surface area contributed by atoms with Crippen LogP contribution >= 0.6 is 0 Å². The average Bonchev–Trinajstić information content (AvgIpc) is 2.44. The fourth-order valence-electron chi connectivity index (χ4n) is 1.95. The second-order valence-electron chi connectivity index (χ2n) is 6.15. The minimum Gasteiger partial charge on any atom is -0.225 e. The molecular formula is C18H19NO2S. The molecule has 0 aliphatic heterocycles. The third-order valence-corrected chi connectivity index (χ3v) is 4.18. The van der Waals surface area contributed by atoms with Gasteiger partial charge in [0.25, 0.3) is 0 Å². The molecule has 0 aromatic heterocycles. The molecule has 2 rings (SSSR count). The Bertz CT molecular complexity index is 833. The number of benzene rings is 2. The summed E-state index contributed by atoms with van der Waals surface area (Å²) >= 11 is 0. The Morgan fingerprint density at radius 1 is 0.909 bits per heavy atom. The molecular weight excluding hydrogens is 294 g/mol. The van der Waals surface area contributed by atoms with Crippen molar-refractivity contribution in [3.8, 4) is 11.8 Å². The normalized spacial score (nSPS) is 11.6. The highest BCUT2D eigenvalue weighted by molar-refractivity contribution is 7.89. The topological polar surface area (TPSA) is 60.2 Å². The van der Waals surface area contributed by atoms with Crippen molar-refractivity contribution in [3.63, 3.8) is 0 Å². The summed E-state index contributed by atoms with van der Waals surface area (Å²) in [4.78, 5) is 0.0716. The van der Waals surface area contributed by atoms with Crippen LogP contribution in [0.4, 0.5) is 0 Å². The van der Waals surface area contributed by atoms with Crippen LogP contribution in [-0.2, 0) is 15.4 Å². The van der Waals surface area contributed by atoms with E-state index >= 15 is 0 Å². The number of hydrogen-bond donors (Lipinski definition) is 1. The lowest BCUT2D eigenvalue weighted by atomic mass is 9.87. The van der Waals surface area contributed by atoms with Crippen molar-refractivity contribution in [2.45, 2.75) is 31.1 Å². The quantitative estimate of drug-likeness (QED) is 0.823. The van der Waals surface area contributed by atoms with E-state index in [1.54, 1.807) is 12.1 Å². The first-order chi connectivity index (χ1) is 10.2. The second kappa shape index (κ2) is 5.96. The van der Waals surface area contributed by atoms with Gasteiger partial charge >= 0.3 is 0 Å². The molecule has 22 heavy (non-hydrogen) atoms. The molecule has 3 nitrogen and oxygen atoms in total. The van der Waals surface area contributed by atoms with Gasteiger partial charge in [-0.05, 0) is 41.3 Å². The summed E-state index contributed by atoms with van der Waals surface area (Å²) in [5, 5.41) is 5.11. The van der Waals surface area contributed by atoms with Crippen molar-refractivity contribution in [3.05, 3.63) is 65.2 Å². The summed E-state index contributed by atoms with van der Waals surface area (Å²) in [6.45, 7) is 6.48. The van der Waals surface area contributed by atoms with Crippen LogP contribution in [0.15, 0.2) is 53.4 Å². The van der Waals surface area contributed by atoms with Gasteiger partial charge in [0, 0.05) is 11.1 Å². The number of rotatable bonds is 1. The summed E-state index contributed by atoms with van der Waals surface area (Å²) in [5.74, 6) is 5.99. The Kier molecular flexibility index (Phi) is 4.41. The standard InChI is InChI=1S/C18H19NO2S/c1-18(2,3)16-11-9-14(10-12-16)7-8-15-5-4-6-17(13-15)22(19,20)21/h4-6,9-13H,1-3H3,(H2,19,20,21). The van der Waals surface area contributed by atoms with Crippen LogP contribution in [0.25, 0.3) is 0 Å². The van der Waals surface area contributed by atoms with Gasteiger partial charge in [0.1, 0.15) is 0 Å². The molecule has 0 unspecified atom stereocenters. The molecule has 0 atom stereocenters. The third kappa shape index (κ3) is 4.20. The van der Waals surface area contributed by atoms with Gasteiger partial charge < -0.3 is 0 Å². The van der Waals surface area contributed by atoms with Crippen molar-refractivity contribution in [2.75, 3.05) is 0 Å². The van der Waals surface area contributed by atoms with Gasteiger partial charge in [-0.3, -0.25) is 0 Å². The van der Waals surface area contributed by atoms with Crippen molar-refractivity contribution in [1.82, 2.24) is 0 Å². The van der Waals surface area contributed by atoms with Gasteiger partial charge in [0.05, 0.1) is 4.90 Å². The van der Waals surface area contributed by atoms with Crippen molar-refractivity contribution >= 4 is 10.0 Å². The zero-order valence-electron chi connectivity index (χ0n) is 12.9. The van der Waals surface area contributed by atoms with Gasteiger partial charge in [-0.25, -0.2) is 13.6 Å². The zero-order chi connectivity index (χ0) is 16.4. The van der Waals surface area contributed by atoms with E-state index in [-0.39, 0.29) is 10.3 Å². The molecule has 0 fully saturated rings. The molecule has 0 aliphatic carbocycles. The highest BCUT2D eigenvalue weighted by Gasteiger charge is 2.12. The molecule has 2 N–H and O–H groups in total. The van der Waals surface area contributed by atoms with Crippen molar-refractivity contribution in [1.29, 1.82) is 0 Å². The molecule has 0 bridgehead atoms. The maximum absolute atomic E-state index is 11.3. The van der Waals surface area contributed by atoms with E-state index in [0.29, 0.717) is 5.56 Å². The molecule has 0 amide bonds. The SMILES string of the molecule is CC(C)(C)c1ccc(C#Cc2cccc(S(N)(=O)=O)c2)cc1. The van der Waals surface area contributed by atoms with Crippen LogP contribution in [-0.4, -0.2) is 8.42 Å². The first-order valence-electron chi connectivity index (χ1n) is 6.92. The number of primary sulfonamides is 1. The Hall–Kier alpha value is -2.09. The lowest BCUT2D eigenvalue weighted by Gasteiger charge is -2.18. The lowest BCUT2D eigenvalue weighted by molar-refractivity contribution is 0.590. The first kappa shape index (κ1) is 16.3. The molecule has 0 saturated heterocycles. The van der Waals surface area contributed by atoms with Gasteiger partial charge in [0.15, 0.2) is 0 Å². The van der Waals surface area contributed by atoms with Gasteiger partial charge in [-0.1, -0.05) is 50.8 Å². The minimum atomic E-state index is -3.70. The maximum Gasteiger partial charge on any atom is 0.238 e. The molecule has 2 aromatic rings. The van der Waals surface area contributed by atoms with Crippen LogP contribution < -0.4 is 5.14 Å². The van der Waals surface area contributed by atoms with Crippen LogP contribution in [0.5, 0.6) is 0 Å². The largest absolute Gasteiger partial charge is 0.238 e. The predicted octanol–water partition coefficient (Wildman–Crippen LogP) is 3.03. The lowest BCUT2D eigenvalue weighted by Crippen LogP contribution is -2.11. The third-order valence-electron chi connectivity index (χ3n) is 3.26. The van der Waals surface area contributed by atoms with E-state index < -0.39 is 10.0 Å². The van der Waals surface area contributed by atoms with E-state index in [2.05, 4.69) is 44.7 Å². The molecule has 0 aliphatic rings. The Morgan fingerprint density at radius 3 is 2.05 bits per heavy atom. The minimum absolute atomic E-state index is 0.0716. The highest BCUT2D eigenvalue weighted by Crippen LogP contribution is 2.21. The fourth-order valence-corrected chi connectivity index (χ4v) is 2.51. The first-order valence-corrected chi connectivity index (χ1v) is 8.46. The summed E-state index contributed by atoms with van der Waals surface area (Å²) in [7, 11) is -3.70. The number of sulfonamides is 1. The van der Waals surface area contributed by atoms with Gasteiger partial charge in [-0.15, -0.1) is 0 Å². The van der Waals surface area contributed by atoms with Gasteiger partial charge in [-0.2, -0.15) is 0 Å². The molecule has 2 aromatic carbocycles. The van der Waals surface area contributed by atoms with Gasteiger partial charge in [0.2, 0.25) is 10.0 Å². The number of hydrogen-bond acceptors (Lipinski definition) is 2. The average molecular weight is 313 g/mol. The molecule has 0 spiro atoms. The zero-order valence-corrected chi connectivity index (χ0v) is 13.7. The Labute approximate surface area is 132 Å². The monoisotopic (exact) mass is 313 g/mol. The highest BCUT2D eigenvalue weighted by atomic mass is 32.2. The van der Waals surface area contributed by atoms with E-state index in [1.165, 1.54) is 17.7 Å². The molecule has 0 radical (unpaired) electrons. The van der Waals surface area contributed by atoms with Crippen molar-refractivity contribution in [2.24, 2.45) is 5.14 Å². The van der Waals surface area contributed by atoms with Crippen molar-refractivity contribution < 1.29 is 8.42 Å². The summed E-state index contributed by atoms with van der Waals surface area (Å²) in [6.07, 6.45) is 0. The summed E-state index contributed by atoms with van der Waals surface area (Å²) in [6, 6.07) is 14.4. The van der Waals surface area contributed by atoms with E-state index in [1.807, 2.05) is 12.1 Å². The number of nitrogens with two attached hydrogens (primary N) is 1. The molecule has 0 saturated carbocycles. The summed E-state index contributed by atoms with van der Waals surface area (Å²) < 4.78 is 22.6. The fraction of sp³-hybridized carbons (Fsp3) is 0.222. The molecule has 0 heterocycles. The maximum atomic E-state index is 11.3. The van der Waals surface area contributed by atoms with Crippen LogP contribution in [0, 0.1) is 11.8 Å². The van der Waals surface area contributed by atoms with Crippen LogP contribution in [0.2, 0.25) is 0 Å². The van der Waals surface area contributed by atoms with Crippen LogP contribution in [0.3, 0.4) is 0 Å². The predicted molar refractivity (Wildman–Crippen MR) is 88.9 cm³/mol. The Balaban J connectivity index is 2.28.